The second-order valence-electron chi connectivity index (χ2n) is 3.43. The van der Waals surface area contributed by atoms with Crippen molar-refractivity contribution in [2.24, 2.45) is 0 Å². The van der Waals surface area contributed by atoms with Crippen molar-refractivity contribution in [1.29, 1.82) is 5.26 Å². The molecule has 0 aromatic heterocycles. The monoisotopic (exact) mass is 317 g/mol. The standard InChI is InChI=1S/C12H10BrF2NO2/c1-2-18-11(17)5-7-4-10(13)8(6-16)3-9(7)12(14)15/h3-4,12H,2,5H2,1H3. The average Bonchev–Trinajstić information content (AvgIpc) is 2.29. The van der Waals surface area contributed by atoms with Crippen LogP contribution in [-0.4, -0.2) is 12.6 Å². The molecule has 0 aliphatic heterocycles. The van der Waals surface area contributed by atoms with Gasteiger partial charge in [0.1, 0.15) is 6.07 Å². The van der Waals surface area contributed by atoms with Crippen molar-refractivity contribution < 1.29 is 18.3 Å². The van der Waals surface area contributed by atoms with E-state index in [1.54, 1.807) is 13.0 Å². The van der Waals surface area contributed by atoms with Crippen LogP contribution < -0.4 is 0 Å². The van der Waals surface area contributed by atoms with Gasteiger partial charge in [-0.05, 0) is 40.5 Å². The SMILES string of the molecule is CCOC(=O)Cc1cc(Br)c(C#N)cc1C(F)F. The maximum atomic E-state index is 12.8. The van der Waals surface area contributed by atoms with Crippen LogP contribution in [0.15, 0.2) is 16.6 Å². The zero-order valence-electron chi connectivity index (χ0n) is 9.54. The number of rotatable bonds is 4. The highest BCUT2D eigenvalue weighted by Gasteiger charge is 2.18. The highest BCUT2D eigenvalue weighted by molar-refractivity contribution is 9.10. The van der Waals surface area contributed by atoms with Crippen LogP contribution in [0.2, 0.25) is 0 Å². The largest absolute Gasteiger partial charge is 0.466 e. The molecular formula is C12H10BrF2NO2. The Balaban J connectivity index is 3.14. The molecule has 0 N–H and O–H groups in total. The van der Waals surface area contributed by atoms with E-state index in [0.29, 0.717) is 4.47 Å². The van der Waals surface area contributed by atoms with E-state index in [2.05, 4.69) is 15.9 Å². The predicted molar refractivity (Wildman–Crippen MR) is 64.2 cm³/mol. The highest BCUT2D eigenvalue weighted by Crippen LogP contribution is 2.29. The Kier molecular flexibility index (Phi) is 5.23. The fraction of sp³-hybridized carbons (Fsp3) is 0.333. The van der Waals surface area contributed by atoms with Crippen LogP contribution in [0.3, 0.4) is 0 Å². The van der Waals surface area contributed by atoms with Gasteiger partial charge in [0.25, 0.3) is 6.43 Å². The van der Waals surface area contributed by atoms with Gasteiger partial charge in [0, 0.05) is 10.0 Å². The minimum absolute atomic E-state index is 0.109. The summed E-state index contributed by atoms with van der Waals surface area (Å²) in [6.07, 6.45) is -2.98. The molecule has 3 nitrogen and oxygen atoms in total. The van der Waals surface area contributed by atoms with Gasteiger partial charge in [-0.2, -0.15) is 5.26 Å². The quantitative estimate of drug-likeness (QED) is 0.800. The number of carbonyl (C=O) groups is 1. The Morgan fingerprint density at radius 1 is 1.56 bits per heavy atom. The first-order valence-electron chi connectivity index (χ1n) is 5.15. The molecule has 1 rings (SSSR count). The summed E-state index contributed by atoms with van der Waals surface area (Å²) in [5.74, 6) is -0.573. The molecule has 6 heteroatoms. The Morgan fingerprint density at radius 3 is 2.72 bits per heavy atom. The lowest BCUT2D eigenvalue weighted by Gasteiger charge is -2.10. The summed E-state index contributed by atoms with van der Waals surface area (Å²) < 4.78 is 30.8. The lowest BCUT2D eigenvalue weighted by molar-refractivity contribution is -0.142. The lowest BCUT2D eigenvalue weighted by Crippen LogP contribution is -2.10. The van der Waals surface area contributed by atoms with Crippen LogP contribution in [0, 0.1) is 11.3 Å². The number of carbonyl (C=O) groups excluding carboxylic acids is 1. The zero-order valence-corrected chi connectivity index (χ0v) is 11.1. The molecule has 0 bridgehead atoms. The number of hydrogen-bond acceptors (Lipinski definition) is 3. The molecule has 0 aliphatic carbocycles. The Morgan fingerprint density at radius 2 is 2.22 bits per heavy atom. The molecule has 0 heterocycles. The number of nitriles is 1. The molecule has 1 aromatic carbocycles. The molecule has 0 aliphatic rings. The Hall–Kier alpha value is -1.48. The molecule has 96 valence electrons. The minimum Gasteiger partial charge on any atom is -0.466 e. The summed E-state index contributed by atoms with van der Waals surface area (Å²) in [5, 5.41) is 8.77. The normalized spacial score (nSPS) is 10.2. The minimum atomic E-state index is -2.74. The molecule has 0 radical (unpaired) electrons. The van der Waals surface area contributed by atoms with Gasteiger partial charge in [-0.1, -0.05) is 0 Å². The molecule has 0 unspecified atom stereocenters. The zero-order chi connectivity index (χ0) is 13.7. The number of esters is 1. The van der Waals surface area contributed by atoms with E-state index >= 15 is 0 Å². The summed E-state index contributed by atoms with van der Waals surface area (Å²) in [6.45, 7) is 1.83. The summed E-state index contributed by atoms with van der Waals surface area (Å²) in [4.78, 5) is 11.3. The van der Waals surface area contributed by atoms with Gasteiger partial charge >= 0.3 is 5.97 Å². The van der Waals surface area contributed by atoms with Gasteiger partial charge in [-0.25, -0.2) is 8.78 Å². The summed E-state index contributed by atoms with van der Waals surface area (Å²) in [7, 11) is 0. The van der Waals surface area contributed by atoms with Gasteiger partial charge in [0.2, 0.25) is 0 Å². The third-order valence-corrected chi connectivity index (χ3v) is 2.88. The van der Waals surface area contributed by atoms with Crippen LogP contribution >= 0.6 is 15.9 Å². The van der Waals surface area contributed by atoms with Crippen molar-refractivity contribution >= 4 is 21.9 Å². The number of halogens is 3. The maximum absolute atomic E-state index is 12.8. The molecular weight excluding hydrogens is 308 g/mol. The second kappa shape index (κ2) is 6.45. The van der Waals surface area contributed by atoms with E-state index in [1.807, 2.05) is 0 Å². The Labute approximate surface area is 111 Å². The Bertz CT molecular complexity index is 498. The maximum Gasteiger partial charge on any atom is 0.310 e. The second-order valence-corrected chi connectivity index (χ2v) is 4.28. The van der Waals surface area contributed by atoms with Gasteiger partial charge in [-0.3, -0.25) is 4.79 Å². The molecule has 18 heavy (non-hydrogen) atoms. The number of hydrogen-bond donors (Lipinski definition) is 0. The van der Waals surface area contributed by atoms with E-state index in [4.69, 9.17) is 10.00 Å². The van der Waals surface area contributed by atoms with Crippen molar-refractivity contribution in [2.45, 2.75) is 19.8 Å². The average molecular weight is 318 g/mol. The summed E-state index contributed by atoms with van der Waals surface area (Å²) in [5.41, 5.74) is -0.0463. The van der Waals surface area contributed by atoms with Crippen molar-refractivity contribution in [1.82, 2.24) is 0 Å². The molecule has 0 atom stereocenters. The van der Waals surface area contributed by atoms with E-state index in [1.165, 1.54) is 6.07 Å². The third kappa shape index (κ3) is 3.50. The van der Waals surface area contributed by atoms with Gasteiger partial charge in [0.05, 0.1) is 18.6 Å². The van der Waals surface area contributed by atoms with Crippen molar-refractivity contribution in [3.8, 4) is 6.07 Å². The lowest BCUT2D eigenvalue weighted by atomic mass is 10.0. The number of benzene rings is 1. The van der Waals surface area contributed by atoms with Crippen LogP contribution in [0.25, 0.3) is 0 Å². The fourth-order valence-electron chi connectivity index (χ4n) is 1.44. The number of ether oxygens (including phenoxy) is 1. The van der Waals surface area contributed by atoms with E-state index in [9.17, 15) is 13.6 Å². The van der Waals surface area contributed by atoms with E-state index in [0.717, 1.165) is 6.07 Å². The number of nitrogens with zero attached hydrogens (tertiary/aromatic N) is 1. The van der Waals surface area contributed by atoms with Crippen LogP contribution in [0.5, 0.6) is 0 Å². The molecule has 0 amide bonds. The van der Waals surface area contributed by atoms with E-state index < -0.39 is 12.4 Å². The molecule has 0 saturated heterocycles. The summed E-state index contributed by atoms with van der Waals surface area (Å²) >= 11 is 3.10. The molecule has 0 fully saturated rings. The fourth-order valence-corrected chi connectivity index (χ4v) is 1.92. The highest BCUT2D eigenvalue weighted by atomic mass is 79.9. The third-order valence-electron chi connectivity index (χ3n) is 2.22. The first-order valence-corrected chi connectivity index (χ1v) is 5.95. The van der Waals surface area contributed by atoms with Crippen molar-refractivity contribution in [3.63, 3.8) is 0 Å². The molecule has 0 saturated carbocycles. The molecule has 1 aromatic rings. The first kappa shape index (κ1) is 14.6. The number of alkyl halides is 2. The van der Waals surface area contributed by atoms with Crippen LogP contribution in [-0.2, 0) is 16.0 Å². The van der Waals surface area contributed by atoms with Crippen molar-refractivity contribution in [3.05, 3.63) is 33.3 Å². The van der Waals surface area contributed by atoms with Gasteiger partial charge in [0.15, 0.2) is 0 Å². The topological polar surface area (TPSA) is 50.1 Å². The first-order chi connectivity index (χ1) is 8.49. The van der Waals surface area contributed by atoms with Gasteiger partial charge in [-0.15, -0.1) is 0 Å². The van der Waals surface area contributed by atoms with E-state index in [-0.39, 0.29) is 29.7 Å². The summed E-state index contributed by atoms with van der Waals surface area (Å²) in [6, 6.07) is 4.24. The van der Waals surface area contributed by atoms with Crippen LogP contribution in [0.4, 0.5) is 8.78 Å². The van der Waals surface area contributed by atoms with Gasteiger partial charge < -0.3 is 4.74 Å². The van der Waals surface area contributed by atoms with Crippen molar-refractivity contribution in [2.75, 3.05) is 6.61 Å². The smallest absolute Gasteiger partial charge is 0.310 e. The molecule has 0 spiro atoms. The van der Waals surface area contributed by atoms with Crippen LogP contribution in [0.1, 0.15) is 30.0 Å². The predicted octanol–water partition coefficient (Wildman–Crippen LogP) is 3.36.